The molecule has 3 nitrogen and oxygen atoms in total. The third kappa shape index (κ3) is 2.57. The van der Waals surface area contributed by atoms with Gasteiger partial charge in [-0.15, -0.1) is 0 Å². The highest BCUT2D eigenvalue weighted by Crippen LogP contribution is 2.27. The maximum absolute atomic E-state index is 12.2. The molecule has 1 aliphatic rings. The van der Waals surface area contributed by atoms with E-state index in [0.717, 1.165) is 24.2 Å². The average Bonchev–Trinajstić information content (AvgIpc) is 2.92. The summed E-state index contributed by atoms with van der Waals surface area (Å²) < 4.78 is 0. The van der Waals surface area contributed by atoms with Gasteiger partial charge in [0.1, 0.15) is 0 Å². The van der Waals surface area contributed by atoms with E-state index < -0.39 is 0 Å². The van der Waals surface area contributed by atoms with Crippen molar-refractivity contribution >= 4 is 17.8 Å². The van der Waals surface area contributed by atoms with Gasteiger partial charge in [-0.2, -0.15) is 0 Å². The van der Waals surface area contributed by atoms with Gasteiger partial charge in [0.15, 0.2) is 0 Å². The molecule has 1 heterocycles. The van der Waals surface area contributed by atoms with E-state index in [9.17, 15) is 4.79 Å². The number of hydrogen-bond acceptors (Lipinski definition) is 1. The van der Waals surface area contributed by atoms with E-state index >= 15 is 0 Å². The normalized spacial score (nSPS) is 13.5. The van der Waals surface area contributed by atoms with E-state index in [1.807, 2.05) is 54.6 Å². The van der Waals surface area contributed by atoms with E-state index in [2.05, 4.69) is 11.4 Å². The first-order valence-electron chi connectivity index (χ1n) is 6.72. The van der Waals surface area contributed by atoms with Crippen LogP contribution in [-0.4, -0.2) is 12.6 Å². The number of benzene rings is 2. The minimum absolute atomic E-state index is 0.0814. The minimum Gasteiger partial charge on any atom is -0.314 e. The number of carbonyl (C=O) groups excluding carboxylic acids is 1. The van der Waals surface area contributed by atoms with Crippen molar-refractivity contribution in [1.29, 1.82) is 0 Å². The third-order valence-corrected chi connectivity index (χ3v) is 3.41. The highest BCUT2D eigenvalue weighted by molar-refractivity contribution is 5.95. The second kappa shape index (κ2) is 5.61. The molecule has 0 atom stereocenters. The molecule has 0 spiro atoms. The van der Waals surface area contributed by atoms with E-state index in [-0.39, 0.29) is 6.03 Å². The number of carbonyl (C=O) groups is 1. The predicted molar refractivity (Wildman–Crippen MR) is 81.5 cm³/mol. The van der Waals surface area contributed by atoms with Gasteiger partial charge in [-0.1, -0.05) is 48.5 Å². The van der Waals surface area contributed by atoms with Crippen LogP contribution in [0.2, 0.25) is 0 Å². The van der Waals surface area contributed by atoms with Gasteiger partial charge in [-0.05, 0) is 29.7 Å². The van der Waals surface area contributed by atoms with Gasteiger partial charge in [-0.3, -0.25) is 4.90 Å². The first-order valence-corrected chi connectivity index (χ1v) is 6.72. The van der Waals surface area contributed by atoms with Gasteiger partial charge in [0, 0.05) is 18.4 Å². The number of nitrogens with one attached hydrogen (secondary N) is 1. The molecule has 0 radical (unpaired) electrons. The first kappa shape index (κ1) is 12.5. The molecule has 20 heavy (non-hydrogen) atoms. The van der Waals surface area contributed by atoms with E-state index in [1.165, 1.54) is 5.56 Å². The smallest absolute Gasteiger partial charge is 0.314 e. The van der Waals surface area contributed by atoms with Crippen molar-refractivity contribution in [1.82, 2.24) is 5.32 Å². The topological polar surface area (TPSA) is 32.3 Å². The lowest BCUT2D eigenvalue weighted by atomic mass is 10.2. The van der Waals surface area contributed by atoms with Crippen LogP contribution in [0.25, 0.3) is 6.08 Å². The lowest BCUT2D eigenvalue weighted by Crippen LogP contribution is -2.36. The summed E-state index contributed by atoms with van der Waals surface area (Å²) in [6, 6.07) is 17.8. The highest BCUT2D eigenvalue weighted by Gasteiger charge is 2.23. The summed E-state index contributed by atoms with van der Waals surface area (Å²) in [5, 5.41) is 2.82. The summed E-state index contributed by atoms with van der Waals surface area (Å²) >= 11 is 0. The summed E-state index contributed by atoms with van der Waals surface area (Å²) in [5.74, 6) is 0. The van der Waals surface area contributed by atoms with Crippen molar-refractivity contribution < 1.29 is 4.79 Å². The molecule has 0 unspecified atom stereocenters. The number of anilines is 1. The van der Waals surface area contributed by atoms with Crippen molar-refractivity contribution in [3.63, 3.8) is 0 Å². The van der Waals surface area contributed by atoms with Crippen LogP contribution in [-0.2, 0) is 6.42 Å². The maximum atomic E-state index is 12.2. The van der Waals surface area contributed by atoms with Gasteiger partial charge in [0.05, 0.1) is 0 Å². The van der Waals surface area contributed by atoms with Crippen molar-refractivity contribution in [3.8, 4) is 0 Å². The fourth-order valence-electron chi connectivity index (χ4n) is 2.40. The molecule has 0 aromatic heterocycles. The second-order valence-corrected chi connectivity index (χ2v) is 4.72. The summed E-state index contributed by atoms with van der Waals surface area (Å²) in [6.07, 6.45) is 4.50. The molecular formula is C17H16N2O. The Morgan fingerprint density at radius 3 is 2.65 bits per heavy atom. The molecule has 2 aromatic rings. The van der Waals surface area contributed by atoms with Crippen LogP contribution in [0.1, 0.15) is 11.1 Å². The number of hydrogen-bond donors (Lipinski definition) is 1. The van der Waals surface area contributed by atoms with E-state index in [1.54, 1.807) is 11.1 Å². The molecule has 1 aliphatic heterocycles. The van der Waals surface area contributed by atoms with Gasteiger partial charge >= 0.3 is 6.03 Å². The summed E-state index contributed by atoms with van der Waals surface area (Å²) in [6.45, 7) is 0.740. The molecule has 2 aromatic carbocycles. The fourth-order valence-corrected chi connectivity index (χ4v) is 2.40. The van der Waals surface area contributed by atoms with Crippen LogP contribution in [0.15, 0.2) is 60.8 Å². The second-order valence-electron chi connectivity index (χ2n) is 4.72. The Balaban J connectivity index is 1.65. The van der Waals surface area contributed by atoms with E-state index in [4.69, 9.17) is 0 Å². The molecule has 3 rings (SSSR count). The van der Waals surface area contributed by atoms with Crippen LogP contribution in [0, 0.1) is 0 Å². The molecule has 1 N–H and O–H groups in total. The molecular weight excluding hydrogens is 248 g/mol. The zero-order chi connectivity index (χ0) is 13.8. The van der Waals surface area contributed by atoms with Crippen LogP contribution in [0.3, 0.4) is 0 Å². The Morgan fingerprint density at radius 1 is 1.05 bits per heavy atom. The standard InChI is InChI=1S/C17H16N2O/c20-17(18-12-10-14-6-2-1-3-7-14)19-13-11-15-8-4-5-9-16(15)19/h1-10,12H,11,13H2,(H,18,20)/b12-10+. The number of para-hydroxylation sites is 1. The minimum atomic E-state index is -0.0814. The number of rotatable bonds is 2. The van der Waals surface area contributed by atoms with Crippen LogP contribution in [0.4, 0.5) is 10.5 Å². The fraction of sp³-hybridized carbons (Fsp3) is 0.118. The van der Waals surface area contributed by atoms with Crippen molar-refractivity contribution in [2.75, 3.05) is 11.4 Å². The molecule has 0 saturated heterocycles. The number of amides is 2. The molecule has 100 valence electrons. The molecule has 0 saturated carbocycles. The lowest BCUT2D eigenvalue weighted by Gasteiger charge is -2.16. The van der Waals surface area contributed by atoms with Crippen molar-refractivity contribution in [2.24, 2.45) is 0 Å². The SMILES string of the molecule is O=C(N/C=C/c1ccccc1)N1CCc2ccccc21. The molecule has 3 heteroatoms. The highest BCUT2D eigenvalue weighted by atomic mass is 16.2. The van der Waals surface area contributed by atoms with Gasteiger partial charge in [0.25, 0.3) is 0 Å². The molecule has 0 fully saturated rings. The van der Waals surface area contributed by atoms with Crippen LogP contribution in [0.5, 0.6) is 0 Å². The average molecular weight is 264 g/mol. The van der Waals surface area contributed by atoms with Gasteiger partial charge in [-0.25, -0.2) is 4.79 Å². The monoisotopic (exact) mass is 264 g/mol. The van der Waals surface area contributed by atoms with Gasteiger partial charge < -0.3 is 5.32 Å². The molecule has 2 amide bonds. The largest absolute Gasteiger partial charge is 0.325 e. The summed E-state index contributed by atoms with van der Waals surface area (Å²) in [4.78, 5) is 13.9. The first-order chi connectivity index (χ1) is 9.84. The Labute approximate surface area is 118 Å². The summed E-state index contributed by atoms with van der Waals surface area (Å²) in [7, 11) is 0. The Morgan fingerprint density at radius 2 is 1.80 bits per heavy atom. The molecule has 0 bridgehead atoms. The molecule has 0 aliphatic carbocycles. The van der Waals surface area contributed by atoms with Crippen LogP contribution >= 0.6 is 0 Å². The van der Waals surface area contributed by atoms with Crippen LogP contribution < -0.4 is 10.2 Å². The predicted octanol–water partition coefficient (Wildman–Crippen LogP) is 3.43. The third-order valence-electron chi connectivity index (χ3n) is 3.41. The maximum Gasteiger partial charge on any atom is 0.325 e. The van der Waals surface area contributed by atoms with Crippen molar-refractivity contribution in [3.05, 3.63) is 71.9 Å². The number of fused-ring (bicyclic) bond motifs is 1. The zero-order valence-corrected chi connectivity index (χ0v) is 11.1. The zero-order valence-electron chi connectivity index (χ0n) is 11.1. The van der Waals surface area contributed by atoms with Gasteiger partial charge in [0.2, 0.25) is 0 Å². The Kier molecular flexibility index (Phi) is 3.50. The number of urea groups is 1. The quantitative estimate of drug-likeness (QED) is 0.885. The Hall–Kier alpha value is -2.55. The summed E-state index contributed by atoms with van der Waals surface area (Å²) in [5.41, 5.74) is 3.31. The van der Waals surface area contributed by atoms with E-state index in [0.29, 0.717) is 0 Å². The van der Waals surface area contributed by atoms with Crippen molar-refractivity contribution in [2.45, 2.75) is 6.42 Å². The Bertz CT molecular complexity index is 634. The number of nitrogens with zero attached hydrogens (tertiary/aromatic N) is 1. The lowest BCUT2D eigenvalue weighted by molar-refractivity contribution is 0.250.